The van der Waals surface area contributed by atoms with Crippen molar-refractivity contribution in [1.29, 1.82) is 0 Å². The number of nitrogens with zero attached hydrogens (tertiary/aromatic N) is 2. The van der Waals surface area contributed by atoms with E-state index in [4.69, 9.17) is 6.58 Å². The minimum Gasteiger partial charge on any atom is -0.361 e. The van der Waals surface area contributed by atoms with Crippen LogP contribution in [0.5, 0.6) is 0 Å². The fraction of sp³-hybridized carbons (Fsp3) is 0.571. The van der Waals surface area contributed by atoms with E-state index >= 15 is 0 Å². The Bertz CT molecular complexity index is 398. The molecule has 0 radical (unpaired) electrons. The van der Waals surface area contributed by atoms with Gasteiger partial charge in [-0.2, -0.15) is 5.10 Å². The van der Waals surface area contributed by atoms with Crippen molar-refractivity contribution >= 4 is 6.08 Å². The fourth-order valence-electron chi connectivity index (χ4n) is 1.38. The molecular weight excluding hydrogens is 380 g/mol. The normalized spacial score (nSPS) is 11.9. The SMILES string of the molecule is [CH-]=Cc1[c-]c(C(C)(C)C)nnc1C(C)(C)C.[W+2]. The molecule has 0 aliphatic heterocycles. The Morgan fingerprint density at radius 1 is 1.00 bits per heavy atom. The third kappa shape index (κ3) is 4.03. The first-order valence-electron chi connectivity index (χ1n) is 5.52. The van der Waals surface area contributed by atoms with Crippen molar-refractivity contribution in [3.05, 3.63) is 29.6 Å². The van der Waals surface area contributed by atoms with Crippen LogP contribution in [0.1, 0.15) is 58.5 Å². The molecular formula is C14H20N2W. The second kappa shape index (κ2) is 5.43. The average molecular weight is 400 g/mol. The molecule has 3 heteroatoms. The van der Waals surface area contributed by atoms with Gasteiger partial charge in [0.2, 0.25) is 0 Å². The summed E-state index contributed by atoms with van der Waals surface area (Å²) in [7, 11) is 0. The van der Waals surface area contributed by atoms with Crippen molar-refractivity contribution in [2.75, 3.05) is 0 Å². The molecule has 17 heavy (non-hydrogen) atoms. The van der Waals surface area contributed by atoms with Crippen molar-refractivity contribution in [2.24, 2.45) is 0 Å². The molecule has 2 nitrogen and oxygen atoms in total. The minimum absolute atomic E-state index is 0. The molecule has 0 bridgehead atoms. The van der Waals surface area contributed by atoms with Crippen LogP contribution in [0, 0.1) is 12.6 Å². The minimum atomic E-state index is -0.0644. The van der Waals surface area contributed by atoms with Crippen LogP contribution in [-0.4, -0.2) is 10.2 Å². The Labute approximate surface area is 119 Å². The van der Waals surface area contributed by atoms with E-state index < -0.39 is 0 Å². The third-order valence-electron chi connectivity index (χ3n) is 2.35. The van der Waals surface area contributed by atoms with Gasteiger partial charge in [-0.15, -0.1) is 5.69 Å². The van der Waals surface area contributed by atoms with Crippen molar-refractivity contribution in [3.8, 4) is 0 Å². The Morgan fingerprint density at radius 2 is 1.53 bits per heavy atom. The van der Waals surface area contributed by atoms with Crippen molar-refractivity contribution in [2.45, 2.75) is 52.4 Å². The van der Waals surface area contributed by atoms with E-state index in [1.807, 2.05) is 0 Å². The van der Waals surface area contributed by atoms with E-state index in [9.17, 15) is 0 Å². The van der Waals surface area contributed by atoms with Gasteiger partial charge >= 0.3 is 21.1 Å². The van der Waals surface area contributed by atoms with Crippen LogP contribution in [0.2, 0.25) is 0 Å². The van der Waals surface area contributed by atoms with Crippen molar-refractivity contribution in [3.63, 3.8) is 0 Å². The topological polar surface area (TPSA) is 25.8 Å². The van der Waals surface area contributed by atoms with E-state index in [1.165, 1.54) is 0 Å². The van der Waals surface area contributed by atoms with Gasteiger partial charge in [0.15, 0.2) is 0 Å². The van der Waals surface area contributed by atoms with Crippen LogP contribution in [0.15, 0.2) is 0 Å². The Hall–Kier alpha value is -0.492. The number of hydrogen-bond donors (Lipinski definition) is 0. The Balaban J connectivity index is 0.00000256. The first-order valence-corrected chi connectivity index (χ1v) is 5.52. The summed E-state index contributed by atoms with van der Waals surface area (Å²) in [5.74, 6) is 0. The van der Waals surface area contributed by atoms with Crippen LogP contribution in [-0.2, 0) is 31.9 Å². The van der Waals surface area contributed by atoms with Gasteiger partial charge < -0.3 is 18.2 Å². The molecule has 0 aliphatic carbocycles. The molecule has 0 fully saturated rings. The zero-order valence-electron chi connectivity index (χ0n) is 11.5. The third-order valence-corrected chi connectivity index (χ3v) is 2.35. The number of aromatic nitrogens is 2. The maximum Gasteiger partial charge on any atom is 2.00 e. The molecule has 0 saturated carbocycles. The van der Waals surface area contributed by atoms with Gasteiger partial charge in [0.1, 0.15) is 0 Å². The maximum atomic E-state index is 5.64. The van der Waals surface area contributed by atoms with Gasteiger partial charge in [-0.25, -0.2) is 11.2 Å². The predicted octanol–water partition coefficient (Wildman–Crippen LogP) is 3.32. The quantitative estimate of drug-likeness (QED) is 0.677. The molecule has 92 valence electrons. The van der Waals surface area contributed by atoms with Gasteiger partial charge in [0.25, 0.3) is 0 Å². The second-order valence-corrected chi connectivity index (χ2v) is 6.10. The molecule has 0 spiro atoms. The van der Waals surface area contributed by atoms with Crippen molar-refractivity contribution < 1.29 is 21.1 Å². The molecule has 1 aromatic rings. The Morgan fingerprint density at radius 3 is 1.88 bits per heavy atom. The van der Waals surface area contributed by atoms with Crippen LogP contribution < -0.4 is 0 Å². The summed E-state index contributed by atoms with van der Waals surface area (Å²) in [5, 5.41) is 8.54. The monoisotopic (exact) mass is 400 g/mol. The molecule has 1 aromatic heterocycles. The van der Waals surface area contributed by atoms with Crippen LogP contribution in [0.3, 0.4) is 0 Å². The number of hydrogen-bond acceptors (Lipinski definition) is 2. The van der Waals surface area contributed by atoms with Gasteiger partial charge in [0, 0.05) is 0 Å². The first kappa shape index (κ1) is 16.5. The number of rotatable bonds is 1. The first-order chi connectivity index (χ1) is 7.16. The smallest absolute Gasteiger partial charge is 0.361 e. The van der Waals surface area contributed by atoms with E-state index in [2.05, 4.69) is 57.8 Å². The van der Waals surface area contributed by atoms with Crippen LogP contribution in [0.4, 0.5) is 0 Å². The molecule has 1 rings (SSSR count). The van der Waals surface area contributed by atoms with E-state index in [0.29, 0.717) is 0 Å². The van der Waals surface area contributed by atoms with E-state index in [0.717, 1.165) is 17.0 Å². The van der Waals surface area contributed by atoms with Gasteiger partial charge in [-0.3, -0.25) is 0 Å². The summed E-state index contributed by atoms with van der Waals surface area (Å²) in [6.45, 7) is 18.2. The summed E-state index contributed by atoms with van der Waals surface area (Å²) >= 11 is 0. The van der Waals surface area contributed by atoms with Gasteiger partial charge in [-0.05, 0) is 11.1 Å². The molecule has 1 heterocycles. The molecule has 0 N–H and O–H groups in total. The zero-order valence-corrected chi connectivity index (χ0v) is 14.4. The average Bonchev–Trinajstić information content (AvgIpc) is 2.14. The predicted molar refractivity (Wildman–Crippen MR) is 67.0 cm³/mol. The molecule has 0 amide bonds. The molecule has 0 saturated heterocycles. The van der Waals surface area contributed by atoms with Crippen molar-refractivity contribution in [1.82, 2.24) is 10.2 Å². The summed E-state index contributed by atoms with van der Waals surface area (Å²) in [5.41, 5.74) is 2.47. The molecule has 0 aliphatic rings. The van der Waals surface area contributed by atoms with Gasteiger partial charge in [0.05, 0.1) is 0 Å². The van der Waals surface area contributed by atoms with E-state index in [1.54, 1.807) is 6.08 Å². The van der Waals surface area contributed by atoms with E-state index in [-0.39, 0.29) is 31.9 Å². The fourth-order valence-corrected chi connectivity index (χ4v) is 1.38. The summed E-state index contributed by atoms with van der Waals surface area (Å²) in [6, 6.07) is 3.26. The summed E-state index contributed by atoms with van der Waals surface area (Å²) in [4.78, 5) is 0. The Kier molecular flexibility index (Phi) is 5.28. The zero-order chi connectivity index (χ0) is 12.6. The van der Waals surface area contributed by atoms with Crippen LogP contribution >= 0.6 is 0 Å². The maximum absolute atomic E-state index is 5.64. The molecule has 0 aromatic carbocycles. The summed E-state index contributed by atoms with van der Waals surface area (Å²) in [6.07, 6.45) is 1.56. The standard InChI is InChI=1S/C14H20N2.W/c1-8-10-9-11(13(2,3)4)15-16-12(10)14(5,6)7;/h1,8H,2-7H3;/q-2;+2. The summed E-state index contributed by atoms with van der Waals surface area (Å²) < 4.78 is 0. The molecule has 0 unspecified atom stereocenters. The van der Waals surface area contributed by atoms with Gasteiger partial charge in [-0.1, -0.05) is 47.0 Å². The largest absolute Gasteiger partial charge is 2.00 e. The second-order valence-electron chi connectivity index (χ2n) is 6.10. The molecule has 0 atom stereocenters. The van der Waals surface area contributed by atoms with Crippen LogP contribution in [0.25, 0.3) is 6.08 Å².